The number of furan rings is 1. The van der Waals surface area contributed by atoms with E-state index in [0.717, 1.165) is 44.3 Å². The highest BCUT2D eigenvalue weighted by atomic mass is 16.5. The number of ether oxygens (including phenoxy) is 1. The fourth-order valence-corrected chi connectivity index (χ4v) is 2.22. The fourth-order valence-electron chi connectivity index (χ4n) is 2.22. The van der Waals surface area contributed by atoms with Crippen molar-refractivity contribution in [3.63, 3.8) is 0 Å². The first-order valence-corrected chi connectivity index (χ1v) is 7.00. The minimum absolute atomic E-state index is 0.643. The zero-order valence-electron chi connectivity index (χ0n) is 13.0. The van der Waals surface area contributed by atoms with Crippen LogP contribution in [-0.2, 0) is 17.8 Å². The van der Waals surface area contributed by atoms with Crippen molar-refractivity contribution in [1.82, 2.24) is 10.2 Å². The van der Waals surface area contributed by atoms with E-state index in [1.54, 1.807) is 7.11 Å². The molecule has 4 heteroatoms. The zero-order valence-corrected chi connectivity index (χ0v) is 13.0. The molecule has 0 aliphatic rings. The monoisotopic (exact) mass is 268 g/mol. The number of hydrogen-bond acceptors (Lipinski definition) is 4. The summed E-state index contributed by atoms with van der Waals surface area (Å²) in [6.07, 6.45) is 0. The van der Waals surface area contributed by atoms with E-state index in [9.17, 15) is 0 Å². The van der Waals surface area contributed by atoms with Crippen molar-refractivity contribution in [2.24, 2.45) is 5.92 Å². The second kappa shape index (κ2) is 8.35. The Balaban J connectivity index is 2.63. The van der Waals surface area contributed by atoms with Gasteiger partial charge in [-0.2, -0.15) is 0 Å². The van der Waals surface area contributed by atoms with Crippen molar-refractivity contribution in [3.8, 4) is 0 Å². The molecule has 1 heterocycles. The summed E-state index contributed by atoms with van der Waals surface area (Å²) in [5, 5.41) is 3.16. The van der Waals surface area contributed by atoms with Crippen LogP contribution in [0.5, 0.6) is 0 Å². The number of nitrogens with zero attached hydrogens (tertiary/aromatic N) is 1. The summed E-state index contributed by atoms with van der Waals surface area (Å²) >= 11 is 0. The molecule has 0 amide bonds. The van der Waals surface area contributed by atoms with Gasteiger partial charge in [-0.15, -0.1) is 0 Å². The van der Waals surface area contributed by atoms with E-state index < -0.39 is 0 Å². The standard InChI is InChI=1S/C15H28N2O2/c1-12(2)10-17(6-7-18-5)11-15-8-14(9-16-4)13(3)19-15/h8,12,16H,6-7,9-11H2,1-5H3. The van der Waals surface area contributed by atoms with Gasteiger partial charge < -0.3 is 14.5 Å². The molecule has 1 aromatic rings. The third kappa shape index (κ3) is 5.76. The van der Waals surface area contributed by atoms with E-state index in [1.807, 2.05) is 14.0 Å². The van der Waals surface area contributed by atoms with E-state index in [-0.39, 0.29) is 0 Å². The Morgan fingerprint density at radius 2 is 2.16 bits per heavy atom. The summed E-state index contributed by atoms with van der Waals surface area (Å²) in [5.41, 5.74) is 1.24. The van der Waals surface area contributed by atoms with Crippen LogP contribution in [0.1, 0.15) is 30.9 Å². The molecule has 0 aliphatic carbocycles. The minimum atomic E-state index is 0.643. The minimum Gasteiger partial charge on any atom is -0.465 e. The summed E-state index contributed by atoms with van der Waals surface area (Å²) in [6, 6.07) is 2.16. The van der Waals surface area contributed by atoms with Crippen LogP contribution < -0.4 is 5.32 Å². The van der Waals surface area contributed by atoms with E-state index in [2.05, 4.69) is 30.1 Å². The Kier molecular flexibility index (Phi) is 7.13. The van der Waals surface area contributed by atoms with Crippen LogP contribution in [0.25, 0.3) is 0 Å². The van der Waals surface area contributed by atoms with Gasteiger partial charge in [-0.05, 0) is 26.0 Å². The van der Waals surface area contributed by atoms with Gasteiger partial charge >= 0.3 is 0 Å². The molecule has 1 aromatic heterocycles. The van der Waals surface area contributed by atoms with Gasteiger partial charge in [0, 0.05) is 32.3 Å². The first-order valence-electron chi connectivity index (χ1n) is 7.00. The highest BCUT2D eigenvalue weighted by Gasteiger charge is 2.12. The van der Waals surface area contributed by atoms with Crippen molar-refractivity contribution in [2.75, 3.05) is 33.9 Å². The average molecular weight is 268 g/mol. The van der Waals surface area contributed by atoms with Gasteiger partial charge in [0.2, 0.25) is 0 Å². The summed E-state index contributed by atoms with van der Waals surface area (Å²) in [4.78, 5) is 2.38. The maximum Gasteiger partial charge on any atom is 0.118 e. The fraction of sp³-hybridized carbons (Fsp3) is 0.733. The van der Waals surface area contributed by atoms with Crippen LogP contribution in [0.2, 0.25) is 0 Å². The molecule has 0 saturated carbocycles. The lowest BCUT2D eigenvalue weighted by Crippen LogP contribution is -2.30. The highest BCUT2D eigenvalue weighted by Crippen LogP contribution is 2.16. The first-order chi connectivity index (χ1) is 9.06. The molecule has 0 saturated heterocycles. The maximum atomic E-state index is 5.84. The zero-order chi connectivity index (χ0) is 14.3. The van der Waals surface area contributed by atoms with Gasteiger partial charge in [0.25, 0.3) is 0 Å². The Morgan fingerprint density at radius 1 is 1.42 bits per heavy atom. The van der Waals surface area contributed by atoms with Gasteiger partial charge in [-0.25, -0.2) is 0 Å². The maximum absolute atomic E-state index is 5.84. The molecular formula is C15H28N2O2. The molecule has 19 heavy (non-hydrogen) atoms. The molecule has 110 valence electrons. The van der Waals surface area contributed by atoms with Gasteiger partial charge in [-0.3, -0.25) is 4.90 Å². The Morgan fingerprint density at radius 3 is 2.74 bits per heavy atom. The lowest BCUT2D eigenvalue weighted by molar-refractivity contribution is 0.130. The van der Waals surface area contributed by atoms with Crippen LogP contribution in [0.15, 0.2) is 10.5 Å². The molecule has 0 aliphatic heterocycles. The molecule has 0 fully saturated rings. The van der Waals surface area contributed by atoms with Crippen molar-refractivity contribution in [3.05, 3.63) is 23.2 Å². The molecule has 0 spiro atoms. The summed E-state index contributed by atoms with van der Waals surface area (Å²) < 4.78 is 11.0. The van der Waals surface area contributed by atoms with Crippen LogP contribution in [0, 0.1) is 12.8 Å². The molecule has 0 atom stereocenters. The molecule has 1 N–H and O–H groups in total. The summed E-state index contributed by atoms with van der Waals surface area (Å²) in [6.45, 7) is 11.0. The average Bonchev–Trinajstić information content (AvgIpc) is 2.66. The van der Waals surface area contributed by atoms with Crippen LogP contribution >= 0.6 is 0 Å². The summed E-state index contributed by atoms with van der Waals surface area (Å²) in [7, 11) is 3.70. The van der Waals surface area contributed by atoms with E-state index in [4.69, 9.17) is 9.15 Å². The molecule has 1 rings (SSSR count). The Hall–Kier alpha value is -0.840. The largest absolute Gasteiger partial charge is 0.465 e. The predicted octanol–water partition coefficient (Wildman–Crippen LogP) is 2.41. The lowest BCUT2D eigenvalue weighted by Gasteiger charge is -2.22. The van der Waals surface area contributed by atoms with Crippen molar-refractivity contribution < 1.29 is 9.15 Å². The quantitative estimate of drug-likeness (QED) is 0.746. The first kappa shape index (κ1) is 16.2. The van der Waals surface area contributed by atoms with Gasteiger partial charge in [0.05, 0.1) is 13.2 Å². The van der Waals surface area contributed by atoms with Gasteiger partial charge in [0.15, 0.2) is 0 Å². The normalized spacial score (nSPS) is 11.7. The van der Waals surface area contributed by atoms with E-state index in [0.29, 0.717) is 5.92 Å². The lowest BCUT2D eigenvalue weighted by atomic mass is 10.2. The molecular weight excluding hydrogens is 240 g/mol. The van der Waals surface area contributed by atoms with Crippen molar-refractivity contribution in [1.29, 1.82) is 0 Å². The second-order valence-corrected chi connectivity index (χ2v) is 5.45. The van der Waals surface area contributed by atoms with E-state index >= 15 is 0 Å². The number of hydrogen-bond donors (Lipinski definition) is 1. The summed E-state index contributed by atoms with van der Waals surface area (Å²) in [5.74, 6) is 2.70. The smallest absolute Gasteiger partial charge is 0.118 e. The molecule has 0 radical (unpaired) electrons. The third-order valence-electron chi connectivity index (χ3n) is 3.05. The number of nitrogens with one attached hydrogen (secondary N) is 1. The highest BCUT2D eigenvalue weighted by molar-refractivity contribution is 5.20. The number of aryl methyl sites for hydroxylation is 1. The third-order valence-corrected chi connectivity index (χ3v) is 3.05. The SMILES string of the molecule is CNCc1cc(CN(CCOC)CC(C)C)oc1C. The van der Waals surface area contributed by atoms with Crippen LogP contribution in [0.4, 0.5) is 0 Å². The number of rotatable bonds is 9. The van der Waals surface area contributed by atoms with Crippen molar-refractivity contribution >= 4 is 0 Å². The molecule has 0 bridgehead atoms. The molecule has 0 aromatic carbocycles. The molecule has 4 nitrogen and oxygen atoms in total. The topological polar surface area (TPSA) is 37.6 Å². The predicted molar refractivity (Wildman–Crippen MR) is 78.2 cm³/mol. The van der Waals surface area contributed by atoms with E-state index in [1.165, 1.54) is 5.56 Å². The van der Waals surface area contributed by atoms with Crippen LogP contribution in [0.3, 0.4) is 0 Å². The van der Waals surface area contributed by atoms with Crippen LogP contribution in [-0.4, -0.2) is 38.8 Å². The second-order valence-electron chi connectivity index (χ2n) is 5.45. The molecule has 0 unspecified atom stereocenters. The Labute approximate surface area is 117 Å². The van der Waals surface area contributed by atoms with Crippen molar-refractivity contribution in [2.45, 2.75) is 33.9 Å². The van der Waals surface area contributed by atoms with Gasteiger partial charge in [0.1, 0.15) is 11.5 Å². The van der Waals surface area contributed by atoms with Gasteiger partial charge in [-0.1, -0.05) is 13.8 Å². The Bertz CT molecular complexity index is 361. The number of methoxy groups -OCH3 is 1.